The Bertz CT molecular complexity index is 946. The highest BCUT2D eigenvalue weighted by atomic mass is 15.3. The summed E-state index contributed by atoms with van der Waals surface area (Å²) < 4.78 is 0. The molecule has 3 aromatic rings. The lowest BCUT2D eigenvalue weighted by atomic mass is 10.2. The Hall–Kier alpha value is -2.83. The molecule has 0 radical (unpaired) electrons. The van der Waals surface area contributed by atoms with Crippen LogP contribution in [0.4, 0.5) is 11.6 Å². The van der Waals surface area contributed by atoms with Gasteiger partial charge in [-0.15, -0.1) is 0 Å². The van der Waals surface area contributed by atoms with E-state index in [1.54, 1.807) is 12.5 Å². The van der Waals surface area contributed by atoms with E-state index in [1.165, 1.54) is 18.5 Å². The van der Waals surface area contributed by atoms with E-state index in [1.807, 2.05) is 19.2 Å². The van der Waals surface area contributed by atoms with E-state index in [0.717, 1.165) is 54.5 Å². The largest absolute Gasteiger partial charge is 0.353 e. The van der Waals surface area contributed by atoms with Crippen molar-refractivity contribution in [3.05, 3.63) is 42.4 Å². The van der Waals surface area contributed by atoms with E-state index in [4.69, 9.17) is 4.98 Å². The van der Waals surface area contributed by atoms with E-state index in [0.29, 0.717) is 5.92 Å². The highest BCUT2D eigenvalue weighted by molar-refractivity contribution is 5.88. The van der Waals surface area contributed by atoms with Crippen molar-refractivity contribution in [2.75, 3.05) is 36.0 Å². The van der Waals surface area contributed by atoms with E-state index in [9.17, 15) is 0 Å². The van der Waals surface area contributed by atoms with Crippen molar-refractivity contribution in [3.63, 3.8) is 0 Å². The molecule has 0 N–H and O–H groups in total. The number of pyridine rings is 1. The molecule has 1 saturated carbocycles. The second kappa shape index (κ2) is 6.16. The Kier molecular flexibility index (Phi) is 3.65. The van der Waals surface area contributed by atoms with Gasteiger partial charge in [-0.3, -0.25) is 4.98 Å². The maximum atomic E-state index is 4.71. The van der Waals surface area contributed by atoms with Gasteiger partial charge in [-0.1, -0.05) is 0 Å². The molecule has 2 aliphatic rings. The third kappa shape index (κ3) is 2.83. The molecule has 0 unspecified atom stereocenters. The molecule has 4 heterocycles. The summed E-state index contributed by atoms with van der Waals surface area (Å²) in [5.41, 5.74) is 2.10. The highest BCUT2D eigenvalue weighted by Gasteiger charge is 2.27. The van der Waals surface area contributed by atoms with Crippen molar-refractivity contribution in [1.82, 2.24) is 24.9 Å². The predicted octanol–water partition coefficient (Wildman–Crippen LogP) is 2.33. The average molecular weight is 347 g/mol. The number of aromatic nitrogens is 5. The number of anilines is 2. The minimum Gasteiger partial charge on any atom is -0.353 e. The van der Waals surface area contributed by atoms with Crippen molar-refractivity contribution < 1.29 is 0 Å². The standard InChI is InChI=1S/C19H21N7/c1-13-23-17-11-20-5-4-15(17)19(24-13)26-8-6-25(7-9-26)18-10-16(14-2-3-14)21-12-22-18/h4-5,10-12,14H,2-3,6-9H2,1H3. The summed E-state index contributed by atoms with van der Waals surface area (Å²) in [6.07, 6.45) is 7.85. The Morgan fingerprint density at radius 1 is 1.00 bits per heavy atom. The number of piperazine rings is 1. The van der Waals surface area contributed by atoms with Crippen LogP contribution in [0.5, 0.6) is 0 Å². The smallest absolute Gasteiger partial charge is 0.140 e. The highest BCUT2D eigenvalue weighted by Crippen LogP contribution is 2.39. The fourth-order valence-electron chi connectivity index (χ4n) is 3.60. The topological polar surface area (TPSA) is 70.9 Å². The Balaban J connectivity index is 1.37. The maximum absolute atomic E-state index is 4.71. The molecule has 26 heavy (non-hydrogen) atoms. The molecular formula is C19H21N7. The summed E-state index contributed by atoms with van der Waals surface area (Å²) in [7, 11) is 0. The summed E-state index contributed by atoms with van der Waals surface area (Å²) in [5, 5.41) is 1.07. The van der Waals surface area contributed by atoms with Crippen LogP contribution in [0.2, 0.25) is 0 Å². The lowest BCUT2D eigenvalue weighted by molar-refractivity contribution is 0.640. The number of hydrogen-bond acceptors (Lipinski definition) is 7. The van der Waals surface area contributed by atoms with Crippen LogP contribution in [0, 0.1) is 6.92 Å². The van der Waals surface area contributed by atoms with Crippen LogP contribution >= 0.6 is 0 Å². The van der Waals surface area contributed by atoms with Gasteiger partial charge in [0.2, 0.25) is 0 Å². The van der Waals surface area contributed by atoms with Crippen LogP contribution in [0.25, 0.3) is 10.9 Å². The zero-order chi connectivity index (χ0) is 17.5. The van der Waals surface area contributed by atoms with E-state index in [2.05, 4.69) is 35.8 Å². The van der Waals surface area contributed by atoms with Gasteiger partial charge in [0.05, 0.1) is 11.7 Å². The van der Waals surface area contributed by atoms with Crippen molar-refractivity contribution in [1.29, 1.82) is 0 Å². The Morgan fingerprint density at radius 2 is 1.81 bits per heavy atom. The third-order valence-electron chi connectivity index (χ3n) is 5.16. The van der Waals surface area contributed by atoms with Gasteiger partial charge in [-0.2, -0.15) is 0 Å². The SMILES string of the molecule is Cc1nc(N2CCN(c3cc(C4CC4)ncn3)CC2)c2ccncc2n1. The van der Waals surface area contributed by atoms with Crippen molar-refractivity contribution in [2.45, 2.75) is 25.7 Å². The molecule has 132 valence electrons. The Morgan fingerprint density at radius 3 is 2.62 bits per heavy atom. The molecule has 7 nitrogen and oxygen atoms in total. The summed E-state index contributed by atoms with van der Waals surface area (Å²) in [5.74, 6) is 3.50. The Labute approximate surface area is 152 Å². The molecule has 7 heteroatoms. The van der Waals surface area contributed by atoms with Crippen LogP contribution in [0.1, 0.15) is 30.3 Å². The molecule has 0 spiro atoms. The van der Waals surface area contributed by atoms with Crippen molar-refractivity contribution in [2.24, 2.45) is 0 Å². The molecule has 0 atom stereocenters. The first kappa shape index (κ1) is 15.4. The van der Waals surface area contributed by atoms with E-state index < -0.39 is 0 Å². The molecule has 0 bridgehead atoms. The molecule has 2 fully saturated rings. The monoisotopic (exact) mass is 347 g/mol. The fourth-order valence-corrected chi connectivity index (χ4v) is 3.60. The zero-order valence-electron chi connectivity index (χ0n) is 14.8. The minimum absolute atomic E-state index is 0.655. The molecule has 1 saturated heterocycles. The third-order valence-corrected chi connectivity index (χ3v) is 5.16. The molecule has 1 aliphatic heterocycles. The second-order valence-electron chi connectivity index (χ2n) is 7.04. The lowest BCUT2D eigenvalue weighted by Crippen LogP contribution is -2.47. The van der Waals surface area contributed by atoms with Gasteiger partial charge >= 0.3 is 0 Å². The zero-order valence-corrected chi connectivity index (χ0v) is 14.8. The molecule has 3 aromatic heterocycles. The van der Waals surface area contributed by atoms with Crippen LogP contribution in [0.15, 0.2) is 30.9 Å². The minimum atomic E-state index is 0.655. The summed E-state index contributed by atoms with van der Waals surface area (Å²) >= 11 is 0. The van der Waals surface area contributed by atoms with Gasteiger partial charge in [0.25, 0.3) is 0 Å². The van der Waals surface area contributed by atoms with Gasteiger partial charge in [0.15, 0.2) is 0 Å². The summed E-state index contributed by atoms with van der Waals surface area (Å²) in [6.45, 7) is 5.62. The number of fused-ring (bicyclic) bond motifs is 1. The number of rotatable bonds is 3. The first-order valence-electron chi connectivity index (χ1n) is 9.18. The van der Waals surface area contributed by atoms with Crippen LogP contribution in [0.3, 0.4) is 0 Å². The molecule has 1 aliphatic carbocycles. The molecule has 0 aromatic carbocycles. The number of nitrogens with zero attached hydrogens (tertiary/aromatic N) is 7. The molecular weight excluding hydrogens is 326 g/mol. The van der Waals surface area contributed by atoms with Crippen LogP contribution in [-0.2, 0) is 0 Å². The molecule has 0 amide bonds. The quantitative estimate of drug-likeness (QED) is 0.720. The van der Waals surface area contributed by atoms with E-state index >= 15 is 0 Å². The van der Waals surface area contributed by atoms with Crippen molar-refractivity contribution >= 4 is 22.5 Å². The van der Waals surface area contributed by atoms with Gasteiger partial charge < -0.3 is 9.80 Å². The average Bonchev–Trinajstić information content (AvgIpc) is 3.53. The van der Waals surface area contributed by atoms with E-state index in [-0.39, 0.29) is 0 Å². The van der Waals surface area contributed by atoms with Gasteiger partial charge in [-0.25, -0.2) is 19.9 Å². The first-order valence-corrected chi connectivity index (χ1v) is 9.18. The number of aryl methyl sites for hydroxylation is 1. The summed E-state index contributed by atoms with van der Waals surface area (Å²) in [4.78, 5) is 27.0. The van der Waals surface area contributed by atoms with Gasteiger partial charge in [0.1, 0.15) is 23.8 Å². The first-order chi connectivity index (χ1) is 12.8. The van der Waals surface area contributed by atoms with Crippen LogP contribution < -0.4 is 9.80 Å². The lowest BCUT2D eigenvalue weighted by Gasteiger charge is -2.36. The number of hydrogen-bond donors (Lipinski definition) is 0. The predicted molar refractivity (Wildman–Crippen MR) is 101 cm³/mol. The summed E-state index contributed by atoms with van der Waals surface area (Å²) in [6, 6.07) is 4.17. The fraction of sp³-hybridized carbons (Fsp3) is 0.421. The second-order valence-corrected chi connectivity index (χ2v) is 7.04. The van der Waals surface area contributed by atoms with Gasteiger partial charge in [-0.05, 0) is 25.8 Å². The normalized spacial score (nSPS) is 17.7. The maximum Gasteiger partial charge on any atom is 0.140 e. The van der Waals surface area contributed by atoms with Crippen molar-refractivity contribution in [3.8, 4) is 0 Å². The molecule has 5 rings (SSSR count). The van der Waals surface area contributed by atoms with Crippen LogP contribution in [-0.4, -0.2) is 51.1 Å². The van der Waals surface area contributed by atoms with Gasteiger partial charge in [0, 0.05) is 55.4 Å².